The summed E-state index contributed by atoms with van der Waals surface area (Å²) >= 11 is 1.57. The summed E-state index contributed by atoms with van der Waals surface area (Å²) in [7, 11) is -8.07. The van der Waals surface area contributed by atoms with E-state index in [4.69, 9.17) is 0 Å². The molecule has 2 aromatic carbocycles. The molecule has 0 fully saturated rings. The summed E-state index contributed by atoms with van der Waals surface area (Å²) < 4.78 is 66.4. The second-order valence-corrected chi connectivity index (χ2v) is 19.5. The van der Waals surface area contributed by atoms with Crippen LogP contribution in [0.25, 0.3) is 0 Å². The quantitative estimate of drug-likeness (QED) is 0.0812. The van der Waals surface area contributed by atoms with Gasteiger partial charge in [-0.1, -0.05) is 62.4 Å². The summed E-state index contributed by atoms with van der Waals surface area (Å²) in [5, 5.41) is 9.50. The van der Waals surface area contributed by atoms with E-state index in [9.17, 15) is 35.8 Å². The van der Waals surface area contributed by atoms with E-state index >= 15 is 0 Å². The van der Waals surface area contributed by atoms with Crippen LogP contribution in [0.2, 0.25) is 0 Å². The third-order valence-corrected chi connectivity index (χ3v) is 13.4. The first-order valence-electron chi connectivity index (χ1n) is 18.6. The zero-order valence-electron chi connectivity index (χ0n) is 31.6. The van der Waals surface area contributed by atoms with Gasteiger partial charge in [0.05, 0.1) is 23.3 Å². The van der Waals surface area contributed by atoms with Gasteiger partial charge in [-0.15, -0.1) is 11.8 Å². The highest BCUT2D eigenvalue weighted by atomic mass is 32.2. The fourth-order valence-electron chi connectivity index (χ4n) is 7.88. The highest BCUT2D eigenvalue weighted by Crippen LogP contribution is 2.48. The van der Waals surface area contributed by atoms with E-state index in [1.54, 1.807) is 11.8 Å². The Balaban J connectivity index is 1.52. The van der Waals surface area contributed by atoms with Gasteiger partial charge in [-0.25, -0.2) is 0 Å². The number of benzene rings is 2. The molecule has 10 nitrogen and oxygen atoms in total. The molecule has 0 saturated carbocycles. The minimum Gasteiger partial charge on any atom is -0.481 e. The van der Waals surface area contributed by atoms with Crippen LogP contribution in [0.5, 0.6) is 0 Å². The molecule has 0 atom stereocenters. The van der Waals surface area contributed by atoms with Crippen LogP contribution in [0.1, 0.15) is 90.2 Å². The first-order chi connectivity index (χ1) is 25.4. The largest absolute Gasteiger partial charge is 0.481 e. The normalized spacial score (nSPS) is 19.7. The van der Waals surface area contributed by atoms with Crippen LogP contribution in [0.4, 0.5) is 11.4 Å². The average molecular weight is 798 g/mol. The summed E-state index contributed by atoms with van der Waals surface area (Å²) in [4.78, 5) is 14.9. The molecule has 0 saturated heterocycles. The van der Waals surface area contributed by atoms with E-state index < -0.39 is 26.2 Å². The molecular formula is C41H53N2O8S3+. The number of anilines is 1. The van der Waals surface area contributed by atoms with E-state index in [1.807, 2.05) is 24.3 Å². The molecule has 1 aliphatic carbocycles. The number of aliphatic carboxylic acids is 1. The molecule has 292 valence electrons. The van der Waals surface area contributed by atoms with Crippen molar-refractivity contribution in [2.24, 2.45) is 0 Å². The minimum absolute atomic E-state index is 0.0380. The third-order valence-electron chi connectivity index (χ3n) is 10.6. The van der Waals surface area contributed by atoms with Crippen LogP contribution in [0, 0.1) is 0 Å². The Kier molecular flexibility index (Phi) is 13.2. The lowest BCUT2D eigenvalue weighted by atomic mass is 9.81. The molecule has 0 spiro atoms. The van der Waals surface area contributed by atoms with Crippen molar-refractivity contribution in [2.75, 3.05) is 35.2 Å². The van der Waals surface area contributed by atoms with Crippen LogP contribution in [-0.2, 0) is 35.9 Å². The number of carbonyl (C=O) groups is 1. The number of hydrogen-bond donors (Lipinski definition) is 3. The van der Waals surface area contributed by atoms with Crippen molar-refractivity contribution in [1.82, 2.24) is 0 Å². The van der Waals surface area contributed by atoms with Crippen LogP contribution in [-0.4, -0.2) is 77.7 Å². The van der Waals surface area contributed by atoms with Gasteiger partial charge in [-0.05, 0) is 81.2 Å². The molecule has 3 aliphatic rings. The smallest absolute Gasteiger partial charge is 0.304 e. The molecule has 3 N–H and O–H groups in total. The van der Waals surface area contributed by atoms with Gasteiger partial charge in [-0.2, -0.15) is 21.4 Å². The highest BCUT2D eigenvalue weighted by molar-refractivity contribution is 8.03. The maximum Gasteiger partial charge on any atom is 0.304 e. The van der Waals surface area contributed by atoms with E-state index in [2.05, 4.69) is 85.7 Å². The topological polar surface area (TPSA) is 152 Å². The van der Waals surface area contributed by atoms with E-state index in [0.717, 1.165) is 58.1 Å². The van der Waals surface area contributed by atoms with Crippen molar-refractivity contribution in [3.8, 4) is 0 Å². The third kappa shape index (κ3) is 10.0. The molecule has 2 heterocycles. The number of carboxylic acids is 1. The molecule has 54 heavy (non-hydrogen) atoms. The number of allylic oxidation sites excluding steroid dienone is 7. The molecule has 0 bridgehead atoms. The second-order valence-electron chi connectivity index (χ2n) is 15.2. The van der Waals surface area contributed by atoms with Crippen molar-refractivity contribution in [1.29, 1.82) is 0 Å². The van der Waals surface area contributed by atoms with Gasteiger partial charge in [-0.3, -0.25) is 13.9 Å². The van der Waals surface area contributed by atoms with Crippen molar-refractivity contribution in [3.05, 3.63) is 106 Å². The maximum absolute atomic E-state index is 11.6. The predicted molar refractivity (Wildman–Crippen MR) is 218 cm³/mol. The van der Waals surface area contributed by atoms with E-state index in [-0.39, 0.29) is 28.8 Å². The molecular weight excluding hydrogens is 745 g/mol. The first-order valence-corrected chi connectivity index (χ1v) is 22.8. The SMILES string of the molecule is CC1(C)C(C=CC2=C(SCCC(=O)O)/C(=C\C=C3/N(CCCCS(=O)(=O)O)c4ccccc4C3(C)C)CCC2)=[N+](CCCCS(=O)(=O)O)c2ccccc21. The molecule has 5 rings (SSSR count). The van der Waals surface area contributed by atoms with Crippen LogP contribution >= 0.6 is 11.8 Å². The van der Waals surface area contributed by atoms with Gasteiger partial charge >= 0.3 is 5.97 Å². The minimum atomic E-state index is -4.04. The van der Waals surface area contributed by atoms with Crippen molar-refractivity contribution in [3.63, 3.8) is 0 Å². The number of fused-ring (bicyclic) bond motifs is 2. The van der Waals surface area contributed by atoms with Gasteiger partial charge in [0, 0.05) is 58.1 Å². The highest BCUT2D eigenvalue weighted by Gasteiger charge is 2.44. The number of unbranched alkanes of at least 4 members (excludes halogenated alkanes) is 2. The number of hydrogen-bond acceptors (Lipinski definition) is 7. The molecule has 0 aromatic heterocycles. The van der Waals surface area contributed by atoms with Gasteiger partial charge in [0.1, 0.15) is 6.54 Å². The van der Waals surface area contributed by atoms with Crippen molar-refractivity contribution < 1.29 is 40.4 Å². The number of nitrogens with zero attached hydrogens (tertiary/aromatic N) is 2. The number of rotatable bonds is 17. The number of para-hydroxylation sites is 2. The predicted octanol–water partition coefficient (Wildman–Crippen LogP) is 8.21. The number of carboxylic acid groups (broad SMARTS) is 1. The summed E-state index contributed by atoms with van der Waals surface area (Å²) in [6.07, 6.45) is 13.2. The Labute approximate surface area is 324 Å². The summed E-state index contributed by atoms with van der Waals surface area (Å²) in [6, 6.07) is 16.5. The fraction of sp³-hybridized carbons (Fsp3) is 0.463. The first kappa shape index (κ1) is 41.7. The van der Waals surface area contributed by atoms with E-state index in [0.29, 0.717) is 44.5 Å². The average Bonchev–Trinajstić information content (AvgIpc) is 3.44. The summed E-state index contributed by atoms with van der Waals surface area (Å²) in [5.41, 5.74) is 8.35. The molecule has 0 unspecified atom stereocenters. The van der Waals surface area contributed by atoms with Gasteiger partial charge < -0.3 is 10.0 Å². The zero-order valence-corrected chi connectivity index (χ0v) is 34.1. The molecule has 0 amide bonds. The standard InChI is InChI=1S/C41H52N2O8S3/c1-40(2)32-16-5-7-18-34(32)42(25-9-11-28-53(46,47)48)36(40)22-20-30-14-13-15-31(39(30)52-27-24-38(44)45)21-23-37-41(3,4)33-17-6-8-19-35(33)43(37)26-10-12-29-54(49,50)51/h5-8,16-23H,9-15,24-29H2,1-4H3,(H2-,44,45,46,47,48,49,50,51)/p+1. The Morgan fingerprint density at radius 2 is 1.48 bits per heavy atom. The van der Waals surface area contributed by atoms with Crippen LogP contribution < -0.4 is 4.90 Å². The van der Waals surface area contributed by atoms with Gasteiger partial charge in [0.25, 0.3) is 20.2 Å². The monoisotopic (exact) mass is 797 g/mol. The second kappa shape index (κ2) is 17.1. The number of thioether (sulfide) groups is 1. The fourth-order valence-corrected chi connectivity index (χ4v) is 10.2. The lowest BCUT2D eigenvalue weighted by Crippen LogP contribution is -2.28. The van der Waals surface area contributed by atoms with Crippen LogP contribution in [0.3, 0.4) is 0 Å². The Morgan fingerprint density at radius 1 is 0.833 bits per heavy atom. The summed E-state index contributed by atoms with van der Waals surface area (Å²) in [6.45, 7) is 9.95. The Hall–Kier alpha value is -3.49. The van der Waals surface area contributed by atoms with Gasteiger partial charge in [0.15, 0.2) is 5.71 Å². The van der Waals surface area contributed by atoms with Crippen molar-refractivity contribution >= 4 is 55.1 Å². The molecule has 0 radical (unpaired) electrons. The van der Waals surface area contributed by atoms with Gasteiger partial charge in [0.2, 0.25) is 5.69 Å². The molecule has 2 aromatic rings. The lowest BCUT2D eigenvalue weighted by Gasteiger charge is -2.27. The molecule has 13 heteroatoms. The van der Waals surface area contributed by atoms with E-state index in [1.165, 1.54) is 11.1 Å². The zero-order chi connectivity index (χ0) is 39.3. The maximum atomic E-state index is 11.6. The van der Waals surface area contributed by atoms with Crippen LogP contribution in [0.15, 0.2) is 94.6 Å². The van der Waals surface area contributed by atoms with Crippen molar-refractivity contribution in [2.45, 2.75) is 89.9 Å². The molecule has 2 aliphatic heterocycles. The Bertz CT molecular complexity index is 2130. The lowest BCUT2D eigenvalue weighted by molar-refractivity contribution is -0.438. The Morgan fingerprint density at radius 3 is 2.17 bits per heavy atom. The summed E-state index contributed by atoms with van der Waals surface area (Å²) in [5.74, 6) is -0.966.